The van der Waals surface area contributed by atoms with Crippen LogP contribution in [0.4, 0.5) is 5.69 Å². The number of para-hydroxylation sites is 1. The Morgan fingerprint density at radius 2 is 1.55 bits per heavy atom. The lowest BCUT2D eigenvalue weighted by Crippen LogP contribution is -2.11. The van der Waals surface area contributed by atoms with Crippen molar-refractivity contribution in [1.29, 1.82) is 5.26 Å². The average molecular weight is 264 g/mol. The molecule has 1 N–H and O–H groups in total. The molecule has 1 atom stereocenters. The fourth-order valence-corrected chi connectivity index (χ4v) is 2.36. The molecule has 0 aromatic heterocycles. The summed E-state index contributed by atoms with van der Waals surface area (Å²) in [7, 11) is 0. The molecule has 0 bridgehead atoms. The molecule has 20 heavy (non-hydrogen) atoms. The predicted molar refractivity (Wildman–Crippen MR) is 83.8 cm³/mol. The van der Waals surface area contributed by atoms with Gasteiger partial charge in [-0.3, -0.25) is 0 Å². The second-order valence-corrected chi connectivity index (χ2v) is 5.31. The fourth-order valence-electron chi connectivity index (χ4n) is 2.36. The third kappa shape index (κ3) is 2.83. The summed E-state index contributed by atoms with van der Waals surface area (Å²) >= 11 is 0. The van der Waals surface area contributed by atoms with E-state index >= 15 is 0 Å². The second-order valence-electron chi connectivity index (χ2n) is 5.31. The van der Waals surface area contributed by atoms with Crippen molar-refractivity contribution in [3.63, 3.8) is 0 Å². The quantitative estimate of drug-likeness (QED) is 0.879. The zero-order valence-corrected chi connectivity index (χ0v) is 12.5. The van der Waals surface area contributed by atoms with Crippen LogP contribution in [0.5, 0.6) is 0 Å². The van der Waals surface area contributed by atoms with Gasteiger partial charge in [-0.25, -0.2) is 0 Å². The Labute approximate surface area is 121 Å². The number of hydrogen-bond acceptors (Lipinski definition) is 2. The van der Waals surface area contributed by atoms with E-state index in [1.54, 1.807) is 0 Å². The molecular weight excluding hydrogens is 244 g/mol. The van der Waals surface area contributed by atoms with E-state index in [9.17, 15) is 5.26 Å². The number of anilines is 1. The van der Waals surface area contributed by atoms with Crippen LogP contribution in [-0.2, 0) is 0 Å². The summed E-state index contributed by atoms with van der Waals surface area (Å²) in [4.78, 5) is 0. The van der Waals surface area contributed by atoms with Gasteiger partial charge in [-0.2, -0.15) is 5.26 Å². The van der Waals surface area contributed by atoms with Crippen molar-refractivity contribution >= 4 is 5.69 Å². The monoisotopic (exact) mass is 264 g/mol. The molecule has 2 aromatic carbocycles. The normalized spacial score (nSPS) is 11.8. The number of benzene rings is 2. The van der Waals surface area contributed by atoms with Gasteiger partial charge in [-0.05, 0) is 61.6 Å². The molecule has 0 saturated heterocycles. The minimum absolute atomic E-state index is 0.324. The predicted octanol–water partition coefficient (Wildman–Crippen LogP) is 4.60. The third-order valence-corrected chi connectivity index (χ3v) is 3.77. The van der Waals surface area contributed by atoms with Crippen molar-refractivity contribution in [2.75, 3.05) is 5.32 Å². The van der Waals surface area contributed by atoms with Crippen molar-refractivity contribution in [3.05, 3.63) is 64.2 Å². The number of nitrogens with one attached hydrogen (secondary N) is 1. The summed E-state index contributed by atoms with van der Waals surface area (Å²) in [5.41, 5.74) is 6.85. The summed E-state index contributed by atoms with van der Waals surface area (Å²) in [5, 5.41) is 12.8. The van der Waals surface area contributed by atoms with Crippen LogP contribution in [0.2, 0.25) is 0 Å². The number of aryl methyl sites for hydroxylation is 4. The minimum atomic E-state index is -0.324. The molecule has 2 rings (SSSR count). The Morgan fingerprint density at radius 3 is 2.20 bits per heavy atom. The van der Waals surface area contributed by atoms with E-state index in [4.69, 9.17) is 0 Å². The SMILES string of the molecule is Cc1cc(C)c(C(C#N)Nc2ccccc2C)cc1C. The van der Waals surface area contributed by atoms with Crippen molar-refractivity contribution in [1.82, 2.24) is 0 Å². The van der Waals surface area contributed by atoms with Crippen LogP contribution < -0.4 is 5.32 Å². The van der Waals surface area contributed by atoms with Gasteiger partial charge in [-0.15, -0.1) is 0 Å². The molecule has 102 valence electrons. The first-order valence-corrected chi connectivity index (χ1v) is 6.82. The van der Waals surface area contributed by atoms with Crippen molar-refractivity contribution < 1.29 is 0 Å². The van der Waals surface area contributed by atoms with Gasteiger partial charge in [0.05, 0.1) is 6.07 Å². The third-order valence-electron chi connectivity index (χ3n) is 3.77. The highest BCUT2D eigenvalue weighted by Gasteiger charge is 2.14. The molecule has 0 amide bonds. The molecular formula is C18H20N2. The molecule has 0 aliphatic rings. The lowest BCUT2D eigenvalue weighted by atomic mass is 9.96. The van der Waals surface area contributed by atoms with Gasteiger partial charge in [0, 0.05) is 5.69 Å². The largest absolute Gasteiger partial charge is 0.366 e. The van der Waals surface area contributed by atoms with Crippen LogP contribution in [0, 0.1) is 39.0 Å². The molecule has 0 aliphatic carbocycles. The maximum atomic E-state index is 9.50. The Morgan fingerprint density at radius 1 is 0.900 bits per heavy atom. The Bertz CT molecular complexity index is 666. The molecule has 0 aliphatic heterocycles. The molecule has 2 heteroatoms. The van der Waals surface area contributed by atoms with Crippen LogP contribution in [0.3, 0.4) is 0 Å². The van der Waals surface area contributed by atoms with E-state index in [2.05, 4.69) is 44.3 Å². The number of rotatable bonds is 3. The summed E-state index contributed by atoms with van der Waals surface area (Å²) in [6, 6.07) is 14.4. The minimum Gasteiger partial charge on any atom is -0.366 e. The maximum Gasteiger partial charge on any atom is 0.140 e. The molecule has 0 heterocycles. The van der Waals surface area contributed by atoms with E-state index in [-0.39, 0.29) is 6.04 Å². The standard InChI is InChI=1S/C18H20N2/c1-12-7-5-6-8-17(12)20-18(11-19)16-10-14(3)13(2)9-15(16)4/h5-10,18,20H,1-4H3. The molecule has 0 radical (unpaired) electrons. The zero-order valence-electron chi connectivity index (χ0n) is 12.5. The van der Waals surface area contributed by atoms with E-state index in [0.29, 0.717) is 0 Å². The van der Waals surface area contributed by atoms with Crippen LogP contribution >= 0.6 is 0 Å². The molecule has 2 nitrogen and oxygen atoms in total. The van der Waals surface area contributed by atoms with Gasteiger partial charge >= 0.3 is 0 Å². The number of nitriles is 1. The molecule has 0 spiro atoms. The van der Waals surface area contributed by atoms with Crippen LogP contribution in [-0.4, -0.2) is 0 Å². The average Bonchev–Trinajstić information content (AvgIpc) is 2.42. The van der Waals surface area contributed by atoms with Crippen LogP contribution in [0.1, 0.15) is 33.9 Å². The first-order valence-electron chi connectivity index (χ1n) is 6.82. The highest BCUT2D eigenvalue weighted by atomic mass is 14.9. The molecule has 0 fully saturated rings. The smallest absolute Gasteiger partial charge is 0.140 e. The first kappa shape index (κ1) is 14.1. The first-order chi connectivity index (χ1) is 9.52. The Hall–Kier alpha value is -2.27. The molecule has 1 unspecified atom stereocenters. The van der Waals surface area contributed by atoms with Crippen molar-refractivity contribution in [3.8, 4) is 6.07 Å². The van der Waals surface area contributed by atoms with E-state index in [0.717, 1.165) is 22.4 Å². The fraction of sp³-hybridized carbons (Fsp3) is 0.278. The van der Waals surface area contributed by atoms with Gasteiger partial charge < -0.3 is 5.32 Å². The van der Waals surface area contributed by atoms with Gasteiger partial charge in [0.2, 0.25) is 0 Å². The van der Waals surface area contributed by atoms with Crippen molar-refractivity contribution in [2.45, 2.75) is 33.7 Å². The summed E-state index contributed by atoms with van der Waals surface area (Å²) in [6.07, 6.45) is 0. The van der Waals surface area contributed by atoms with Crippen molar-refractivity contribution in [2.24, 2.45) is 0 Å². The van der Waals surface area contributed by atoms with Gasteiger partial charge in [-0.1, -0.05) is 30.3 Å². The van der Waals surface area contributed by atoms with Crippen LogP contribution in [0.25, 0.3) is 0 Å². The maximum absolute atomic E-state index is 9.50. The summed E-state index contributed by atoms with van der Waals surface area (Å²) in [5.74, 6) is 0. The lowest BCUT2D eigenvalue weighted by molar-refractivity contribution is 0.971. The Kier molecular flexibility index (Phi) is 4.10. The van der Waals surface area contributed by atoms with E-state index in [1.807, 2.05) is 31.2 Å². The number of hydrogen-bond donors (Lipinski definition) is 1. The van der Waals surface area contributed by atoms with E-state index in [1.165, 1.54) is 11.1 Å². The summed E-state index contributed by atoms with van der Waals surface area (Å²) in [6.45, 7) is 8.29. The second kappa shape index (κ2) is 5.79. The zero-order chi connectivity index (χ0) is 14.7. The highest BCUT2D eigenvalue weighted by Crippen LogP contribution is 2.26. The van der Waals surface area contributed by atoms with Crippen LogP contribution in [0.15, 0.2) is 36.4 Å². The molecule has 2 aromatic rings. The molecule has 0 saturated carbocycles. The summed E-state index contributed by atoms with van der Waals surface area (Å²) < 4.78 is 0. The van der Waals surface area contributed by atoms with Gasteiger partial charge in [0.15, 0.2) is 0 Å². The number of nitrogens with zero attached hydrogens (tertiary/aromatic N) is 1. The van der Waals surface area contributed by atoms with E-state index < -0.39 is 0 Å². The lowest BCUT2D eigenvalue weighted by Gasteiger charge is -2.18. The Balaban J connectivity index is 2.37. The highest BCUT2D eigenvalue weighted by molar-refractivity contribution is 5.54. The van der Waals surface area contributed by atoms with Gasteiger partial charge in [0.25, 0.3) is 0 Å². The topological polar surface area (TPSA) is 35.8 Å². The van der Waals surface area contributed by atoms with Gasteiger partial charge in [0.1, 0.15) is 6.04 Å².